The summed E-state index contributed by atoms with van der Waals surface area (Å²) in [7, 11) is 0. The van der Waals surface area contributed by atoms with E-state index in [2.05, 4.69) is 20.6 Å². The van der Waals surface area contributed by atoms with Crippen LogP contribution < -0.4 is 15.4 Å². The maximum Gasteiger partial charge on any atom is 0.335 e. The van der Waals surface area contributed by atoms with Crippen molar-refractivity contribution in [3.05, 3.63) is 101 Å². The summed E-state index contributed by atoms with van der Waals surface area (Å²) in [6.07, 6.45) is 0.946. The van der Waals surface area contributed by atoms with Gasteiger partial charge in [-0.15, -0.1) is 0 Å². The van der Waals surface area contributed by atoms with Crippen molar-refractivity contribution in [2.24, 2.45) is 0 Å². The third-order valence-electron chi connectivity index (χ3n) is 4.55. The van der Waals surface area contributed by atoms with E-state index >= 15 is 0 Å². The van der Waals surface area contributed by atoms with Crippen molar-refractivity contribution in [3.8, 4) is 11.6 Å². The molecule has 170 valence electrons. The minimum Gasteiger partial charge on any atom is -0.478 e. The molecule has 4 aromatic rings. The van der Waals surface area contributed by atoms with Crippen molar-refractivity contribution in [3.63, 3.8) is 0 Å². The van der Waals surface area contributed by atoms with Gasteiger partial charge in [0, 0.05) is 11.3 Å². The molecule has 34 heavy (non-hydrogen) atoms. The lowest BCUT2D eigenvalue weighted by Gasteiger charge is -2.10. The number of para-hydroxylation sites is 1. The standard InChI is InChI=1S/C24H16ClFN4O4/c25-18-3-1-2-4-20(18)29-21(31)14-7-11-17(12-8-14)34-22-19(26)13-27-24(30-22)28-16-9-5-15(6-10-16)23(32)33/h1-13H,(H,29,31)(H,32,33)(H,27,28,30). The largest absolute Gasteiger partial charge is 0.478 e. The van der Waals surface area contributed by atoms with Crippen LogP contribution in [-0.2, 0) is 0 Å². The molecule has 0 saturated heterocycles. The number of rotatable bonds is 7. The van der Waals surface area contributed by atoms with Crippen LogP contribution in [0.5, 0.6) is 11.6 Å². The molecule has 0 spiro atoms. The number of aromatic carboxylic acids is 1. The van der Waals surface area contributed by atoms with Crippen molar-refractivity contribution in [2.45, 2.75) is 0 Å². The van der Waals surface area contributed by atoms with E-state index in [-0.39, 0.29) is 29.0 Å². The lowest BCUT2D eigenvalue weighted by Crippen LogP contribution is -2.12. The molecule has 1 aromatic heterocycles. The number of amides is 1. The average molecular weight is 479 g/mol. The monoisotopic (exact) mass is 478 g/mol. The van der Waals surface area contributed by atoms with E-state index in [0.29, 0.717) is 22.0 Å². The fourth-order valence-electron chi connectivity index (χ4n) is 2.85. The Labute approximate surface area is 198 Å². The smallest absolute Gasteiger partial charge is 0.335 e. The van der Waals surface area contributed by atoms with E-state index in [4.69, 9.17) is 21.4 Å². The molecule has 1 heterocycles. The SMILES string of the molecule is O=C(O)c1ccc(Nc2ncc(F)c(Oc3ccc(C(=O)Nc4ccccc4Cl)cc3)n2)cc1. The van der Waals surface area contributed by atoms with E-state index in [1.54, 1.807) is 24.3 Å². The molecule has 0 saturated carbocycles. The first-order valence-electron chi connectivity index (χ1n) is 9.86. The number of aromatic nitrogens is 2. The molecular weight excluding hydrogens is 463 g/mol. The zero-order valence-electron chi connectivity index (χ0n) is 17.3. The number of carbonyl (C=O) groups is 2. The van der Waals surface area contributed by atoms with Gasteiger partial charge in [0.1, 0.15) is 5.75 Å². The average Bonchev–Trinajstić information content (AvgIpc) is 2.83. The van der Waals surface area contributed by atoms with Gasteiger partial charge in [-0.05, 0) is 60.7 Å². The fourth-order valence-corrected chi connectivity index (χ4v) is 3.03. The highest BCUT2D eigenvalue weighted by molar-refractivity contribution is 6.33. The fraction of sp³-hybridized carbons (Fsp3) is 0. The molecule has 1 amide bonds. The molecule has 10 heteroatoms. The third kappa shape index (κ3) is 5.45. The number of hydrogen-bond acceptors (Lipinski definition) is 6. The van der Waals surface area contributed by atoms with E-state index in [1.165, 1.54) is 48.5 Å². The summed E-state index contributed by atoms with van der Waals surface area (Å²) in [6.45, 7) is 0. The third-order valence-corrected chi connectivity index (χ3v) is 4.88. The topological polar surface area (TPSA) is 113 Å². The van der Waals surface area contributed by atoms with Gasteiger partial charge >= 0.3 is 5.97 Å². The summed E-state index contributed by atoms with van der Waals surface area (Å²) in [5.74, 6) is -2.22. The first kappa shape index (κ1) is 22.7. The van der Waals surface area contributed by atoms with Gasteiger partial charge in [-0.3, -0.25) is 4.79 Å². The van der Waals surface area contributed by atoms with Crippen LogP contribution in [0.2, 0.25) is 5.02 Å². The molecule has 0 bridgehead atoms. The molecule has 0 unspecified atom stereocenters. The molecule has 0 fully saturated rings. The maximum absolute atomic E-state index is 14.2. The second kappa shape index (κ2) is 9.97. The molecule has 0 aliphatic rings. The number of carboxylic acid groups (broad SMARTS) is 1. The van der Waals surface area contributed by atoms with E-state index < -0.39 is 11.8 Å². The van der Waals surface area contributed by atoms with Crippen LogP contribution >= 0.6 is 11.6 Å². The zero-order valence-corrected chi connectivity index (χ0v) is 18.1. The predicted octanol–water partition coefficient (Wildman–Crippen LogP) is 5.76. The molecule has 0 aliphatic heterocycles. The number of benzene rings is 3. The first-order chi connectivity index (χ1) is 16.4. The van der Waals surface area contributed by atoms with Crippen molar-refractivity contribution in [1.82, 2.24) is 9.97 Å². The van der Waals surface area contributed by atoms with E-state index in [0.717, 1.165) is 6.20 Å². The summed E-state index contributed by atoms with van der Waals surface area (Å²) in [6, 6.07) is 18.8. The first-order valence-corrected chi connectivity index (χ1v) is 10.2. The number of hydrogen-bond donors (Lipinski definition) is 3. The van der Waals surface area contributed by atoms with Gasteiger partial charge in [0.05, 0.1) is 22.5 Å². The van der Waals surface area contributed by atoms with Gasteiger partial charge in [-0.2, -0.15) is 9.37 Å². The Balaban J connectivity index is 1.44. The Kier molecular flexibility index (Phi) is 6.65. The van der Waals surface area contributed by atoms with Crippen LogP contribution in [0, 0.1) is 5.82 Å². The van der Waals surface area contributed by atoms with Crippen LogP contribution in [0.4, 0.5) is 21.7 Å². The minimum absolute atomic E-state index is 0.0511. The van der Waals surface area contributed by atoms with E-state index in [9.17, 15) is 14.0 Å². The molecule has 3 N–H and O–H groups in total. The lowest BCUT2D eigenvalue weighted by atomic mass is 10.2. The lowest BCUT2D eigenvalue weighted by molar-refractivity contribution is 0.0696. The molecule has 0 atom stereocenters. The highest BCUT2D eigenvalue weighted by Crippen LogP contribution is 2.25. The normalized spacial score (nSPS) is 10.4. The van der Waals surface area contributed by atoms with Gasteiger partial charge in [0.15, 0.2) is 0 Å². The second-order valence-electron chi connectivity index (χ2n) is 6.91. The van der Waals surface area contributed by atoms with Crippen LogP contribution in [-0.4, -0.2) is 27.0 Å². The van der Waals surface area contributed by atoms with Crippen LogP contribution in [0.25, 0.3) is 0 Å². The molecule has 8 nitrogen and oxygen atoms in total. The Morgan fingerprint density at radius 1 is 0.941 bits per heavy atom. The Hall–Kier alpha value is -4.50. The number of nitrogens with one attached hydrogen (secondary N) is 2. The van der Waals surface area contributed by atoms with Gasteiger partial charge < -0.3 is 20.5 Å². The number of halogens is 2. The molecule has 4 rings (SSSR count). The van der Waals surface area contributed by atoms with Gasteiger partial charge in [-0.25, -0.2) is 9.78 Å². The quantitative estimate of drug-likeness (QED) is 0.309. The van der Waals surface area contributed by atoms with Crippen molar-refractivity contribution in [1.29, 1.82) is 0 Å². The predicted molar refractivity (Wildman–Crippen MR) is 125 cm³/mol. The Morgan fingerprint density at radius 2 is 1.62 bits per heavy atom. The minimum atomic E-state index is -1.05. The van der Waals surface area contributed by atoms with Crippen molar-refractivity contribution < 1.29 is 23.8 Å². The highest BCUT2D eigenvalue weighted by atomic mass is 35.5. The van der Waals surface area contributed by atoms with Crippen LogP contribution in [0.1, 0.15) is 20.7 Å². The second-order valence-corrected chi connectivity index (χ2v) is 7.32. The summed E-state index contributed by atoms with van der Waals surface area (Å²) >= 11 is 6.06. The zero-order chi connectivity index (χ0) is 24.1. The summed E-state index contributed by atoms with van der Waals surface area (Å²) in [4.78, 5) is 31.3. The molecule has 0 radical (unpaired) electrons. The van der Waals surface area contributed by atoms with Gasteiger partial charge in [0.25, 0.3) is 11.8 Å². The molecule has 3 aromatic carbocycles. The number of anilines is 3. The molecule has 0 aliphatic carbocycles. The van der Waals surface area contributed by atoms with E-state index in [1.807, 2.05) is 0 Å². The summed E-state index contributed by atoms with van der Waals surface area (Å²) < 4.78 is 19.7. The number of carbonyl (C=O) groups excluding carboxylic acids is 1. The summed E-state index contributed by atoms with van der Waals surface area (Å²) in [5.41, 5.74) is 1.47. The van der Waals surface area contributed by atoms with Crippen molar-refractivity contribution in [2.75, 3.05) is 10.6 Å². The number of ether oxygens (including phenoxy) is 1. The van der Waals surface area contributed by atoms with Crippen molar-refractivity contribution >= 4 is 40.8 Å². The summed E-state index contributed by atoms with van der Waals surface area (Å²) in [5, 5.41) is 14.9. The Morgan fingerprint density at radius 3 is 2.29 bits per heavy atom. The highest BCUT2D eigenvalue weighted by Gasteiger charge is 2.12. The van der Waals surface area contributed by atoms with Gasteiger partial charge in [-0.1, -0.05) is 23.7 Å². The van der Waals surface area contributed by atoms with Crippen LogP contribution in [0.3, 0.4) is 0 Å². The molecular formula is C24H16ClFN4O4. The maximum atomic E-state index is 14.2. The number of carboxylic acids is 1. The Bertz CT molecular complexity index is 1350. The number of nitrogens with zero attached hydrogens (tertiary/aromatic N) is 2. The van der Waals surface area contributed by atoms with Crippen LogP contribution in [0.15, 0.2) is 79.0 Å². The van der Waals surface area contributed by atoms with Gasteiger partial charge in [0.2, 0.25) is 11.8 Å².